The largest absolute Gasteiger partial charge is 0.457 e. The quantitative estimate of drug-likeness (QED) is 0.0217. The number of ketones is 1. The van der Waals surface area contributed by atoms with Crippen LogP contribution in [0.1, 0.15) is 113 Å². The number of piperazine rings is 1. The molecular weight excluding hydrogens is 870 g/mol. The van der Waals surface area contributed by atoms with E-state index in [0.717, 1.165) is 95.7 Å². The van der Waals surface area contributed by atoms with E-state index in [1.165, 1.54) is 26.2 Å². The fourth-order valence-corrected chi connectivity index (χ4v) is 9.02. The average molecular weight is 937 g/mol. The van der Waals surface area contributed by atoms with Gasteiger partial charge in [-0.15, -0.1) is 0 Å². The Morgan fingerprint density at radius 1 is 0.910 bits per heavy atom. The molecule has 2 aliphatic rings. The third-order valence-electron chi connectivity index (χ3n) is 12.6. The minimum atomic E-state index is -0.396. The molecule has 2 aliphatic heterocycles. The Morgan fingerprint density at radius 2 is 1.63 bits per heavy atom. The van der Waals surface area contributed by atoms with E-state index in [4.69, 9.17) is 16.3 Å². The summed E-state index contributed by atoms with van der Waals surface area (Å²) in [6.07, 6.45) is 12.4. The minimum absolute atomic E-state index is 0.111. The van der Waals surface area contributed by atoms with Crippen molar-refractivity contribution in [3.63, 3.8) is 0 Å². The summed E-state index contributed by atoms with van der Waals surface area (Å²) in [6.45, 7) is 12.8. The maximum atomic E-state index is 14.1. The number of halogens is 1. The first-order valence-corrected chi connectivity index (χ1v) is 23.6. The summed E-state index contributed by atoms with van der Waals surface area (Å²) in [4.78, 5) is 82.2. The van der Waals surface area contributed by atoms with Crippen molar-refractivity contribution in [1.82, 2.24) is 25.0 Å². The summed E-state index contributed by atoms with van der Waals surface area (Å²) in [7, 11) is 3.17. The normalized spacial score (nSPS) is 15.8. The van der Waals surface area contributed by atoms with Gasteiger partial charge in [-0.05, 0) is 115 Å². The van der Waals surface area contributed by atoms with E-state index in [0.29, 0.717) is 63.7 Å². The first-order chi connectivity index (χ1) is 32.6. The van der Waals surface area contributed by atoms with E-state index in [2.05, 4.69) is 47.4 Å². The van der Waals surface area contributed by atoms with Crippen LogP contribution in [0.25, 0.3) is 0 Å². The lowest BCUT2D eigenvalue weighted by Gasteiger charge is -2.36. The predicted molar refractivity (Wildman–Crippen MR) is 267 cm³/mol. The third kappa shape index (κ3) is 14.7. The number of rotatable bonds is 23. The van der Waals surface area contributed by atoms with Crippen molar-refractivity contribution in [2.45, 2.75) is 76.7 Å². The lowest BCUT2D eigenvalue weighted by atomic mass is 9.87. The maximum absolute atomic E-state index is 14.1. The zero-order valence-corrected chi connectivity index (χ0v) is 39.9. The molecule has 6 rings (SSSR count). The summed E-state index contributed by atoms with van der Waals surface area (Å²) >= 11 is 6.71. The molecule has 358 valence electrons. The van der Waals surface area contributed by atoms with E-state index in [1.54, 1.807) is 48.5 Å². The minimum Gasteiger partial charge on any atom is -0.457 e. The van der Waals surface area contributed by atoms with Crippen LogP contribution in [0.4, 0.5) is 11.5 Å². The van der Waals surface area contributed by atoms with Gasteiger partial charge in [0.1, 0.15) is 23.7 Å². The molecule has 0 bridgehead atoms. The van der Waals surface area contributed by atoms with Gasteiger partial charge >= 0.3 is 0 Å². The number of likely N-dealkylation sites (tertiary alicyclic amines) is 1. The number of aldehydes is 1. The van der Waals surface area contributed by atoms with Crippen molar-refractivity contribution in [3.8, 4) is 11.5 Å². The molecule has 4 N–H and O–H groups in total. The molecule has 2 saturated heterocycles. The number of hydrogen-bond donors (Lipinski definition) is 3. The highest BCUT2D eigenvalue weighted by atomic mass is 35.5. The Labute approximate surface area is 399 Å². The number of unbranched alkanes of at least 4 members (excludes halogenated alkanes) is 4. The van der Waals surface area contributed by atoms with E-state index in [1.807, 2.05) is 43.3 Å². The number of imide groups is 1. The number of nitrogens with one attached hydrogen (secondary N) is 2. The highest BCUT2D eigenvalue weighted by Crippen LogP contribution is 2.38. The first-order valence-electron chi connectivity index (χ1n) is 23.2. The Morgan fingerprint density at radius 3 is 2.31 bits per heavy atom. The van der Waals surface area contributed by atoms with Crippen molar-refractivity contribution < 1.29 is 28.7 Å². The summed E-state index contributed by atoms with van der Waals surface area (Å²) in [5, 5.41) is 2.44. The number of aliphatic imine (C=N–C) groups is 2. The van der Waals surface area contributed by atoms with Crippen LogP contribution in [-0.4, -0.2) is 136 Å². The number of carbonyl (C=O) groups excluding carboxylic acids is 5. The second-order valence-electron chi connectivity index (χ2n) is 16.9. The van der Waals surface area contributed by atoms with Crippen LogP contribution in [0, 0.1) is 0 Å². The number of aromatic amines is 1. The van der Waals surface area contributed by atoms with Crippen LogP contribution in [0.2, 0.25) is 5.02 Å². The molecule has 0 saturated carbocycles. The maximum Gasteiger partial charge on any atom is 0.254 e. The smallest absolute Gasteiger partial charge is 0.254 e. The van der Waals surface area contributed by atoms with Gasteiger partial charge < -0.3 is 30.2 Å². The molecule has 0 radical (unpaired) electrons. The van der Waals surface area contributed by atoms with Gasteiger partial charge in [-0.2, -0.15) is 0 Å². The number of amides is 3. The van der Waals surface area contributed by atoms with Gasteiger partial charge in [-0.3, -0.25) is 39.2 Å². The Balaban J connectivity index is 0.00000414. The van der Waals surface area contributed by atoms with Gasteiger partial charge in [0.15, 0.2) is 12.1 Å². The van der Waals surface area contributed by atoms with Gasteiger partial charge in [0.2, 0.25) is 12.3 Å². The molecule has 16 heteroatoms. The summed E-state index contributed by atoms with van der Waals surface area (Å²) < 4.78 is 5.94. The van der Waals surface area contributed by atoms with Gasteiger partial charge in [0.25, 0.3) is 5.91 Å². The van der Waals surface area contributed by atoms with Crippen LogP contribution in [-0.2, 0) is 9.59 Å². The molecule has 2 atom stereocenters. The number of anilines is 1. The number of nitrogens with zero attached hydrogens (tertiary/aromatic N) is 6. The number of ether oxygens (including phenoxy) is 1. The molecular formula is C51H66ClN9O6. The Bertz CT molecular complexity index is 2300. The van der Waals surface area contributed by atoms with E-state index in [9.17, 15) is 24.0 Å². The number of benzene rings is 3. The number of piperidine rings is 1. The van der Waals surface area contributed by atoms with Gasteiger partial charge in [0.05, 0.1) is 10.6 Å². The number of nitrogens with two attached hydrogens (primary N) is 1. The second-order valence-corrected chi connectivity index (χ2v) is 17.3. The first kappa shape index (κ1) is 52.0. The van der Waals surface area contributed by atoms with Crippen LogP contribution < -0.4 is 20.7 Å². The molecule has 15 nitrogen and oxygen atoms in total. The van der Waals surface area contributed by atoms with Crippen molar-refractivity contribution >= 4 is 66.5 Å². The molecule has 2 unspecified atom stereocenters. The number of carbonyl (C=O) groups is 5. The van der Waals surface area contributed by atoms with E-state index in [-0.39, 0.29) is 30.1 Å². The molecule has 3 aromatic carbocycles. The van der Waals surface area contributed by atoms with Crippen molar-refractivity contribution in [3.05, 3.63) is 106 Å². The number of H-pyrrole nitrogens is 1. The number of para-hydroxylation sites is 1. The standard InChI is InChI=1S/C50H61ClN8O6.CH5N/c1-36(16-21-46(62)55-35-61)56(3)50(64)43-29-39(18-17-38(43)33-60)59-27-25-57(26-28-59)22-10-5-4-6-11-23-58-24-12-13-37(32-58)47-44(31-53-49(47)54-34-52-2)48(63)42-20-19-41(30-45(42)51)65-40-14-8-7-9-15-40;1-2/h7-9,14-15,17-20,29-31,33-37,53H,2,4-6,10-13,16,21-28,32H2,1,3H3,(H,55,61,62);2H2,1H3/b54-34-;. The lowest BCUT2D eigenvalue weighted by molar-refractivity contribution is -0.125. The lowest BCUT2D eigenvalue weighted by Crippen LogP contribution is -2.46. The molecule has 3 heterocycles. The zero-order chi connectivity index (χ0) is 48.1. The molecule has 0 spiro atoms. The fraction of sp³-hybridized carbons (Fsp3) is 0.431. The highest BCUT2D eigenvalue weighted by molar-refractivity contribution is 6.35. The van der Waals surface area contributed by atoms with Crippen LogP contribution in [0.15, 0.2) is 82.9 Å². The summed E-state index contributed by atoms with van der Waals surface area (Å²) in [5.74, 6) is 1.13. The molecule has 1 aromatic heterocycles. The van der Waals surface area contributed by atoms with E-state index >= 15 is 0 Å². The highest BCUT2D eigenvalue weighted by Gasteiger charge is 2.30. The van der Waals surface area contributed by atoms with Gasteiger partial charge in [-0.1, -0.05) is 49.1 Å². The number of aromatic nitrogens is 1. The SMILES string of the molecule is C=N/C=N\c1[nH]cc(C(=O)c2ccc(Oc3ccccc3)cc2Cl)c1C1CCCN(CCCCCCCN2CCN(c3ccc(C=O)c(C(=O)N(C)C(C)CCC(=O)NC=O)c3)CC2)C1.CN. The summed E-state index contributed by atoms with van der Waals surface area (Å²) in [6, 6.07) is 19.7. The zero-order valence-electron chi connectivity index (χ0n) is 39.1. The topological polar surface area (TPSA) is 186 Å². The summed E-state index contributed by atoms with van der Waals surface area (Å²) in [5.41, 5.74) is 7.94. The van der Waals surface area contributed by atoms with Crippen molar-refractivity contribution in [1.29, 1.82) is 0 Å². The van der Waals surface area contributed by atoms with Gasteiger partial charge in [-0.25, -0.2) is 4.99 Å². The molecule has 4 aromatic rings. The monoisotopic (exact) mass is 935 g/mol. The second kappa shape index (κ2) is 27.0. The van der Waals surface area contributed by atoms with Crippen molar-refractivity contribution in [2.24, 2.45) is 15.7 Å². The molecule has 0 aliphatic carbocycles. The molecule has 67 heavy (non-hydrogen) atoms. The average Bonchev–Trinajstić information content (AvgIpc) is 3.79. The molecule has 3 amide bonds. The predicted octanol–water partition coefficient (Wildman–Crippen LogP) is 7.90. The van der Waals surface area contributed by atoms with Gasteiger partial charge in [0, 0.05) is 98.4 Å². The number of hydrogen-bond acceptors (Lipinski definition) is 11. The third-order valence-corrected chi connectivity index (χ3v) is 12.9. The van der Waals surface area contributed by atoms with Crippen molar-refractivity contribution in [2.75, 3.05) is 71.4 Å². The van der Waals surface area contributed by atoms with Crippen LogP contribution in [0.3, 0.4) is 0 Å². The Hall–Kier alpha value is -6.00. The molecule has 2 fully saturated rings. The Kier molecular flexibility index (Phi) is 20.9. The van der Waals surface area contributed by atoms with E-state index < -0.39 is 5.91 Å². The van der Waals surface area contributed by atoms with Crippen LogP contribution >= 0.6 is 11.6 Å². The fourth-order valence-electron chi connectivity index (χ4n) is 8.76. The van der Waals surface area contributed by atoms with Crippen LogP contribution in [0.5, 0.6) is 11.5 Å².